The number of halogens is 1. The molecule has 0 radical (unpaired) electrons. The number of aryl methyl sites for hydroxylation is 1. The summed E-state index contributed by atoms with van der Waals surface area (Å²) < 4.78 is 1.02. The van der Waals surface area contributed by atoms with Gasteiger partial charge in [-0.1, -0.05) is 22.0 Å². The van der Waals surface area contributed by atoms with Gasteiger partial charge in [0.2, 0.25) is 0 Å². The largest absolute Gasteiger partial charge is 0.353 e. The van der Waals surface area contributed by atoms with E-state index in [-0.39, 0.29) is 0 Å². The third-order valence-electron chi connectivity index (χ3n) is 3.43. The number of hydrogen-bond donors (Lipinski definition) is 1. The van der Waals surface area contributed by atoms with Crippen LogP contribution in [0.25, 0.3) is 11.4 Å². The monoisotopic (exact) mass is 333 g/mol. The lowest BCUT2D eigenvalue weighted by Crippen LogP contribution is -2.44. The highest BCUT2D eigenvalue weighted by Crippen LogP contribution is 2.24. The van der Waals surface area contributed by atoms with Crippen LogP contribution in [0.2, 0.25) is 0 Å². The van der Waals surface area contributed by atoms with Gasteiger partial charge in [-0.05, 0) is 24.6 Å². The van der Waals surface area contributed by atoms with Crippen LogP contribution in [0.1, 0.15) is 5.56 Å². The quantitative estimate of drug-likeness (QED) is 0.911. The van der Waals surface area contributed by atoms with E-state index in [4.69, 9.17) is 0 Å². The van der Waals surface area contributed by atoms with Crippen LogP contribution in [0.4, 0.5) is 5.82 Å². The number of piperazine rings is 1. The van der Waals surface area contributed by atoms with Crippen molar-refractivity contribution in [3.8, 4) is 11.4 Å². The lowest BCUT2D eigenvalue weighted by molar-refractivity contribution is 0.583. The van der Waals surface area contributed by atoms with Gasteiger partial charge in [-0.25, -0.2) is 4.98 Å². The Labute approximate surface area is 126 Å². The first-order chi connectivity index (χ1) is 9.74. The Balaban J connectivity index is 1.96. The van der Waals surface area contributed by atoms with E-state index in [0.717, 1.165) is 47.6 Å². The topological polar surface area (TPSA) is 53.9 Å². The molecular formula is C14H16BrN5. The average molecular weight is 334 g/mol. The summed E-state index contributed by atoms with van der Waals surface area (Å²) in [5.41, 5.74) is 2.16. The molecule has 1 aromatic heterocycles. The summed E-state index contributed by atoms with van der Waals surface area (Å²) >= 11 is 3.49. The summed E-state index contributed by atoms with van der Waals surface area (Å²) in [7, 11) is 0. The molecular weight excluding hydrogens is 318 g/mol. The van der Waals surface area contributed by atoms with Crippen LogP contribution in [0.3, 0.4) is 0 Å². The van der Waals surface area contributed by atoms with Crippen molar-refractivity contribution in [2.24, 2.45) is 0 Å². The molecule has 0 atom stereocenters. The first-order valence-electron chi connectivity index (χ1n) is 6.66. The lowest BCUT2D eigenvalue weighted by Gasteiger charge is -2.28. The zero-order valence-electron chi connectivity index (χ0n) is 11.3. The molecule has 2 heterocycles. The normalized spacial score (nSPS) is 15.4. The minimum absolute atomic E-state index is 0.680. The predicted molar refractivity (Wildman–Crippen MR) is 82.8 cm³/mol. The molecule has 20 heavy (non-hydrogen) atoms. The predicted octanol–water partition coefficient (Wildman–Crippen LogP) is 2.02. The number of nitrogens with one attached hydrogen (secondary N) is 1. The summed E-state index contributed by atoms with van der Waals surface area (Å²) in [6, 6.07) is 6.11. The van der Waals surface area contributed by atoms with Gasteiger partial charge in [-0.15, -0.1) is 5.10 Å². The Kier molecular flexibility index (Phi) is 3.93. The molecule has 0 spiro atoms. The van der Waals surface area contributed by atoms with E-state index in [1.165, 1.54) is 0 Å². The van der Waals surface area contributed by atoms with Gasteiger partial charge in [0.15, 0.2) is 11.6 Å². The summed E-state index contributed by atoms with van der Waals surface area (Å²) in [6.45, 7) is 5.93. The van der Waals surface area contributed by atoms with Gasteiger partial charge in [-0.2, -0.15) is 5.10 Å². The highest BCUT2D eigenvalue weighted by atomic mass is 79.9. The molecule has 2 aromatic rings. The van der Waals surface area contributed by atoms with Crippen LogP contribution >= 0.6 is 15.9 Å². The Hall–Kier alpha value is -1.53. The second kappa shape index (κ2) is 5.85. The molecule has 1 aliphatic heterocycles. The molecule has 5 nitrogen and oxygen atoms in total. The fraction of sp³-hybridized carbons (Fsp3) is 0.357. The van der Waals surface area contributed by atoms with E-state index in [9.17, 15) is 0 Å². The first-order valence-corrected chi connectivity index (χ1v) is 7.45. The zero-order chi connectivity index (χ0) is 13.9. The SMILES string of the molecule is Cc1ccc(Br)cc1-c1nncc(N2CCNCC2)n1. The van der Waals surface area contributed by atoms with E-state index >= 15 is 0 Å². The van der Waals surface area contributed by atoms with Crippen LogP contribution < -0.4 is 10.2 Å². The number of nitrogens with zero attached hydrogens (tertiary/aromatic N) is 4. The van der Waals surface area contributed by atoms with Crippen molar-refractivity contribution in [1.29, 1.82) is 0 Å². The number of aromatic nitrogens is 3. The molecule has 1 N–H and O–H groups in total. The summed E-state index contributed by atoms with van der Waals surface area (Å²) in [4.78, 5) is 6.91. The maximum atomic E-state index is 4.67. The maximum absolute atomic E-state index is 4.67. The van der Waals surface area contributed by atoms with E-state index in [1.54, 1.807) is 6.20 Å². The van der Waals surface area contributed by atoms with E-state index < -0.39 is 0 Å². The van der Waals surface area contributed by atoms with Crippen molar-refractivity contribution in [3.05, 3.63) is 34.4 Å². The third kappa shape index (κ3) is 2.81. The summed E-state index contributed by atoms with van der Waals surface area (Å²) in [5.74, 6) is 1.58. The van der Waals surface area contributed by atoms with Gasteiger partial charge in [0.05, 0.1) is 6.20 Å². The fourth-order valence-electron chi connectivity index (χ4n) is 2.29. The molecule has 1 fully saturated rings. The van der Waals surface area contributed by atoms with Crippen molar-refractivity contribution >= 4 is 21.7 Å². The Morgan fingerprint density at radius 2 is 2.05 bits per heavy atom. The van der Waals surface area contributed by atoms with Gasteiger partial charge in [-0.3, -0.25) is 0 Å². The van der Waals surface area contributed by atoms with E-state index in [2.05, 4.69) is 54.3 Å². The summed E-state index contributed by atoms with van der Waals surface area (Å²) in [5, 5.41) is 11.6. The minimum Gasteiger partial charge on any atom is -0.353 e. The Morgan fingerprint density at radius 3 is 2.85 bits per heavy atom. The van der Waals surface area contributed by atoms with Gasteiger partial charge >= 0.3 is 0 Å². The van der Waals surface area contributed by atoms with Crippen molar-refractivity contribution in [2.45, 2.75) is 6.92 Å². The first kappa shape index (κ1) is 13.5. The van der Waals surface area contributed by atoms with Crippen LogP contribution in [0.5, 0.6) is 0 Å². The van der Waals surface area contributed by atoms with Gasteiger partial charge in [0.1, 0.15) is 0 Å². The number of benzene rings is 1. The molecule has 0 aliphatic carbocycles. The highest BCUT2D eigenvalue weighted by Gasteiger charge is 2.14. The van der Waals surface area contributed by atoms with Crippen LogP contribution in [-0.4, -0.2) is 41.4 Å². The molecule has 1 aromatic carbocycles. The number of rotatable bonds is 2. The average Bonchev–Trinajstić information content (AvgIpc) is 2.51. The molecule has 3 rings (SSSR count). The molecule has 6 heteroatoms. The van der Waals surface area contributed by atoms with Crippen molar-refractivity contribution < 1.29 is 0 Å². The summed E-state index contributed by atoms with van der Waals surface area (Å²) in [6.07, 6.45) is 1.74. The third-order valence-corrected chi connectivity index (χ3v) is 3.92. The van der Waals surface area contributed by atoms with Gasteiger partial charge in [0.25, 0.3) is 0 Å². The highest BCUT2D eigenvalue weighted by molar-refractivity contribution is 9.10. The maximum Gasteiger partial charge on any atom is 0.184 e. The van der Waals surface area contributed by atoms with Gasteiger partial charge < -0.3 is 10.2 Å². The van der Waals surface area contributed by atoms with Crippen LogP contribution in [0.15, 0.2) is 28.9 Å². The fourth-order valence-corrected chi connectivity index (χ4v) is 2.65. The van der Waals surface area contributed by atoms with Crippen molar-refractivity contribution in [1.82, 2.24) is 20.5 Å². The molecule has 1 saturated heterocycles. The van der Waals surface area contributed by atoms with Crippen molar-refractivity contribution in [3.63, 3.8) is 0 Å². The molecule has 1 aliphatic rings. The second-order valence-corrected chi connectivity index (χ2v) is 5.75. The molecule has 0 saturated carbocycles. The minimum atomic E-state index is 0.680. The number of anilines is 1. The lowest BCUT2D eigenvalue weighted by atomic mass is 10.1. The van der Waals surface area contributed by atoms with E-state index in [1.807, 2.05) is 12.1 Å². The molecule has 0 unspecified atom stereocenters. The van der Waals surface area contributed by atoms with E-state index in [0.29, 0.717) is 5.82 Å². The number of hydrogen-bond acceptors (Lipinski definition) is 5. The molecule has 0 bridgehead atoms. The standard InChI is InChI=1S/C14H16BrN5/c1-10-2-3-11(15)8-12(10)14-18-13(9-17-19-14)20-6-4-16-5-7-20/h2-3,8-9,16H,4-7H2,1H3. The van der Waals surface area contributed by atoms with Crippen molar-refractivity contribution in [2.75, 3.05) is 31.1 Å². The zero-order valence-corrected chi connectivity index (χ0v) is 12.9. The smallest absolute Gasteiger partial charge is 0.184 e. The Morgan fingerprint density at radius 1 is 1.25 bits per heavy atom. The molecule has 104 valence electrons. The molecule has 0 amide bonds. The van der Waals surface area contributed by atoms with Crippen LogP contribution in [-0.2, 0) is 0 Å². The second-order valence-electron chi connectivity index (χ2n) is 4.83. The van der Waals surface area contributed by atoms with Crippen LogP contribution in [0, 0.1) is 6.92 Å². The van der Waals surface area contributed by atoms with Gasteiger partial charge in [0, 0.05) is 36.2 Å². The Bertz CT molecular complexity index is 610.